The highest BCUT2D eigenvalue weighted by atomic mass is 32.2. The Labute approximate surface area is 168 Å². The number of rotatable bonds is 9. The van der Waals surface area contributed by atoms with Crippen LogP contribution in [0, 0.1) is 5.92 Å². The molecule has 0 saturated carbocycles. The van der Waals surface area contributed by atoms with Gasteiger partial charge in [0.25, 0.3) is 0 Å². The van der Waals surface area contributed by atoms with Crippen LogP contribution in [-0.2, 0) is 29.3 Å². The second-order valence-electron chi connectivity index (χ2n) is 7.60. The van der Waals surface area contributed by atoms with E-state index in [9.17, 15) is 13.5 Å². The molecule has 1 aliphatic rings. The van der Waals surface area contributed by atoms with E-state index < -0.39 is 9.84 Å². The van der Waals surface area contributed by atoms with Crippen LogP contribution in [0.5, 0.6) is 0 Å². The van der Waals surface area contributed by atoms with Crippen molar-refractivity contribution in [3.05, 3.63) is 47.8 Å². The summed E-state index contributed by atoms with van der Waals surface area (Å²) in [5, 5.41) is 9.66. The van der Waals surface area contributed by atoms with Gasteiger partial charge in [-0.3, -0.25) is 4.90 Å². The van der Waals surface area contributed by atoms with Gasteiger partial charge in [-0.2, -0.15) is 0 Å². The average Bonchev–Trinajstić information content (AvgIpc) is 3.12. The Hall–Kier alpha value is -1.70. The molecule has 154 valence electrons. The van der Waals surface area contributed by atoms with Crippen LogP contribution in [0.1, 0.15) is 37.4 Å². The minimum Gasteiger partial charge on any atom is -0.396 e. The molecule has 0 spiro atoms. The summed E-state index contributed by atoms with van der Waals surface area (Å²) in [6, 6.07) is 10.3. The van der Waals surface area contributed by atoms with Crippen LogP contribution < -0.4 is 0 Å². The first kappa shape index (κ1) is 21.0. The highest BCUT2D eigenvalue weighted by molar-refractivity contribution is 7.91. The largest absolute Gasteiger partial charge is 0.396 e. The van der Waals surface area contributed by atoms with Crippen molar-refractivity contribution in [3.63, 3.8) is 0 Å². The predicted molar refractivity (Wildman–Crippen MR) is 110 cm³/mol. The van der Waals surface area contributed by atoms with Gasteiger partial charge in [0.05, 0.1) is 17.6 Å². The monoisotopic (exact) mass is 405 g/mol. The number of benzene rings is 1. The Morgan fingerprint density at radius 2 is 2.04 bits per heavy atom. The number of aliphatic hydroxyl groups is 1. The summed E-state index contributed by atoms with van der Waals surface area (Å²) in [6.07, 6.45) is 5.60. The summed E-state index contributed by atoms with van der Waals surface area (Å²) in [6.45, 7) is 5.00. The second kappa shape index (κ2) is 9.67. The van der Waals surface area contributed by atoms with E-state index in [2.05, 4.69) is 22.0 Å². The fourth-order valence-electron chi connectivity index (χ4n) is 3.89. The van der Waals surface area contributed by atoms with Crippen molar-refractivity contribution in [1.82, 2.24) is 14.5 Å². The maximum absolute atomic E-state index is 12.5. The predicted octanol–water partition coefficient (Wildman–Crippen LogP) is 2.51. The first-order chi connectivity index (χ1) is 13.5. The lowest BCUT2D eigenvalue weighted by molar-refractivity contribution is 0.114. The molecule has 1 saturated heterocycles. The zero-order valence-corrected chi connectivity index (χ0v) is 17.4. The number of hydrogen-bond acceptors (Lipinski definition) is 5. The lowest BCUT2D eigenvalue weighted by Crippen LogP contribution is -2.36. The number of piperidine rings is 1. The molecule has 2 heterocycles. The third kappa shape index (κ3) is 5.21. The molecule has 7 heteroatoms. The van der Waals surface area contributed by atoms with E-state index in [-0.39, 0.29) is 17.5 Å². The SMILES string of the molecule is CCS(=O)(=O)c1ncc(CN2CCCC(CO)C2)n1CCCc1ccccc1. The molecule has 1 aliphatic heterocycles. The molecule has 2 aromatic rings. The van der Waals surface area contributed by atoms with Crippen LogP contribution in [0.3, 0.4) is 0 Å². The summed E-state index contributed by atoms with van der Waals surface area (Å²) in [5.41, 5.74) is 2.20. The summed E-state index contributed by atoms with van der Waals surface area (Å²) in [5.74, 6) is 0.361. The molecule has 3 rings (SSSR count). The Balaban J connectivity index is 1.75. The van der Waals surface area contributed by atoms with E-state index in [4.69, 9.17) is 0 Å². The van der Waals surface area contributed by atoms with Gasteiger partial charge in [-0.05, 0) is 43.7 Å². The molecule has 0 radical (unpaired) electrons. The van der Waals surface area contributed by atoms with Gasteiger partial charge < -0.3 is 9.67 Å². The molecule has 1 unspecified atom stereocenters. The first-order valence-electron chi connectivity index (χ1n) is 10.2. The number of likely N-dealkylation sites (tertiary alicyclic amines) is 1. The van der Waals surface area contributed by atoms with E-state index >= 15 is 0 Å². The van der Waals surface area contributed by atoms with Gasteiger partial charge in [-0.15, -0.1) is 0 Å². The van der Waals surface area contributed by atoms with E-state index in [1.807, 2.05) is 22.8 Å². The third-order valence-corrected chi connectivity index (χ3v) is 7.14. The van der Waals surface area contributed by atoms with Gasteiger partial charge in [0.1, 0.15) is 0 Å². The molecule has 0 bridgehead atoms. The Bertz CT molecular complexity index is 849. The number of hydrogen-bond donors (Lipinski definition) is 1. The normalized spacial score (nSPS) is 18.4. The Kier molecular flexibility index (Phi) is 7.26. The topological polar surface area (TPSA) is 75.4 Å². The standard InChI is InChI=1S/C21H31N3O3S/c1-2-28(26,27)21-22-14-20(16-23-12-6-11-19(15-23)17-25)24(21)13-7-10-18-8-4-3-5-9-18/h3-5,8-9,14,19,25H,2,6-7,10-13,15-17H2,1H3. The van der Waals surface area contributed by atoms with Gasteiger partial charge in [-0.1, -0.05) is 37.3 Å². The lowest BCUT2D eigenvalue weighted by Gasteiger charge is -2.31. The van der Waals surface area contributed by atoms with Crippen LogP contribution in [0.25, 0.3) is 0 Å². The summed E-state index contributed by atoms with van der Waals surface area (Å²) < 4.78 is 27.0. The zero-order chi connectivity index (χ0) is 20.0. The molecular formula is C21H31N3O3S. The first-order valence-corrected chi connectivity index (χ1v) is 11.8. The number of aryl methyl sites for hydroxylation is 1. The van der Waals surface area contributed by atoms with Crippen LogP contribution in [0.2, 0.25) is 0 Å². The highest BCUT2D eigenvalue weighted by Crippen LogP contribution is 2.21. The maximum Gasteiger partial charge on any atom is 0.227 e. The van der Waals surface area contributed by atoms with Crippen molar-refractivity contribution in [1.29, 1.82) is 0 Å². The molecule has 0 amide bonds. The van der Waals surface area contributed by atoms with E-state index in [1.165, 1.54) is 5.56 Å². The fourth-order valence-corrected chi connectivity index (χ4v) is 4.91. The van der Waals surface area contributed by atoms with E-state index in [1.54, 1.807) is 13.1 Å². The van der Waals surface area contributed by atoms with Crippen molar-refractivity contribution in [2.75, 3.05) is 25.4 Å². The van der Waals surface area contributed by atoms with Crippen molar-refractivity contribution >= 4 is 9.84 Å². The highest BCUT2D eigenvalue weighted by Gasteiger charge is 2.24. The van der Waals surface area contributed by atoms with Crippen LogP contribution >= 0.6 is 0 Å². The number of aromatic nitrogens is 2. The molecule has 1 atom stereocenters. The number of sulfone groups is 1. The van der Waals surface area contributed by atoms with Crippen molar-refractivity contribution in [3.8, 4) is 0 Å². The number of nitrogens with zero attached hydrogens (tertiary/aromatic N) is 3. The Morgan fingerprint density at radius 1 is 1.25 bits per heavy atom. The quantitative estimate of drug-likeness (QED) is 0.694. The van der Waals surface area contributed by atoms with Gasteiger partial charge in [-0.25, -0.2) is 13.4 Å². The lowest BCUT2D eigenvalue weighted by atomic mass is 9.99. The molecule has 1 aromatic carbocycles. The summed E-state index contributed by atoms with van der Waals surface area (Å²) >= 11 is 0. The van der Waals surface area contributed by atoms with Crippen molar-refractivity contribution in [2.24, 2.45) is 5.92 Å². The van der Waals surface area contributed by atoms with E-state index in [0.29, 0.717) is 19.0 Å². The van der Waals surface area contributed by atoms with Crippen LogP contribution in [0.4, 0.5) is 0 Å². The van der Waals surface area contributed by atoms with Crippen LogP contribution in [0.15, 0.2) is 41.7 Å². The molecule has 1 N–H and O–H groups in total. The fraction of sp³-hybridized carbons (Fsp3) is 0.571. The Morgan fingerprint density at radius 3 is 2.75 bits per heavy atom. The average molecular weight is 406 g/mol. The number of aliphatic hydroxyl groups excluding tert-OH is 1. The minimum atomic E-state index is -3.37. The molecule has 28 heavy (non-hydrogen) atoms. The van der Waals surface area contributed by atoms with Crippen LogP contribution in [-0.4, -0.2) is 53.4 Å². The molecule has 0 aliphatic carbocycles. The summed E-state index contributed by atoms with van der Waals surface area (Å²) in [7, 11) is -3.37. The van der Waals surface area contributed by atoms with Crippen molar-refractivity contribution in [2.45, 2.75) is 50.9 Å². The van der Waals surface area contributed by atoms with Gasteiger partial charge in [0, 0.05) is 26.2 Å². The molecule has 1 aromatic heterocycles. The van der Waals surface area contributed by atoms with Crippen molar-refractivity contribution < 1.29 is 13.5 Å². The maximum atomic E-state index is 12.5. The zero-order valence-electron chi connectivity index (χ0n) is 16.6. The van der Waals surface area contributed by atoms with Gasteiger partial charge in [0.2, 0.25) is 15.0 Å². The second-order valence-corrected chi connectivity index (χ2v) is 9.77. The van der Waals surface area contributed by atoms with Gasteiger partial charge >= 0.3 is 0 Å². The minimum absolute atomic E-state index is 0.0540. The summed E-state index contributed by atoms with van der Waals surface area (Å²) in [4.78, 5) is 6.59. The number of imidazole rings is 1. The molecule has 6 nitrogen and oxygen atoms in total. The molecular weight excluding hydrogens is 374 g/mol. The van der Waals surface area contributed by atoms with E-state index in [0.717, 1.165) is 44.5 Å². The molecule has 1 fully saturated rings. The van der Waals surface area contributed by atoms with Gasteiger partial charge in [0.15, 0.2) is 0 Å². The smallest absolute Gasteiger partial charge is 0.227 e. The third-order valence-electron chi connectivity index (χ3n) is 5.50.